The van der Waals surface area contributed by atoms with E-state index in [2.05, 4.69) is 9.48 Å². The fourth-order valence-corrected chi connectivity index (χ4v) is 2.05. The van der Waals surface area contributed by atoms with E-state index in [-0.39, 0.29) is 23.7 Å². The van der Waals surface area contributed by atoms with E-state index in [9.17, 15) is 9.59 Å². The zero-order chi connectivity index (χ0) is 11.9. The fourth-order valence-electron chi connectivity index (χ4n) is 2.05. The Morgan fingerprint density at radius 3 is 2.06 bits per heavy atom. The number of rotatable bonds is 2. The monoisotopic (exact) mass is 225 g/mol. The maximum Gasteiger partial charge on any atom is 0.243 e. The lowest BCUT2D eigenvalue weighted by Gasteiger charge is -2.36. The third-order valence-electron chi connectivity index (χ3n) is 3.48. The molecule has 0 aromatic rings. The van der Waals surface area contributed by atoms with Crippen molar-refractivity contribution in [3.05, 3.63) is 0 Å². The van der Waals surface area contributed by atoms with Gasteiger partial charge in [-0.2, -0.15) is 0 Å². The van der Waals surface area contributed by atoms with Crippen LogP contribution < -0.4 is 11.5 Å². The molecule has 2 heterocycles. The SMILES string of the molecule is CC(N1CC(C(N)=O)C1)=[N+]1CC(C(N)=O)C1. The predicted octanol–water partition coefficient (Wildman–Crippen LogP) is -2.05. The third-order valence-corrected chi connectivity index (χ3v) is 3.48. The zero-order valence-corrected chi connectivity index (χ0v) is 9.35. The number of likely N-dealkylation sites (tertiary alicyclic amines) is 1. The van der Waals surface area contributed by atoms with Crippen molar-refractivity contribution in [2.45, 2.75) is 6.92 Å². The highest BCUT2D eigenvalue weighted by atomic mass is 16.1. The van der Waals surface area contributed by atoms with E-state index in [0.29, 0.717) is 26.2 Å². The molecule has 4 N–H and O–H groups in total. The summed E-state index contributed by atoms with van der Waals surface area (Å²) in [5.74, 6) is 0.590. The number of primary amides is 2. The van der Waals surface area contributed by atoms with E-state index in [1.54, 1.807) is 0 Å². The lowest BCUT2D eigenvalue weighted by Crippen LogP contribution is -2.59. The molecule has 0 radical (unpaired) electrons. The first-order valence-electron chi connectivity index (χ1n) is 5.41. The normalized spacial score (nSPS) is 24.7. The van der Waals surface area contributed by atoms with Crippen LogP contribution >= 0.6 is 0 Å². The van der Waals surface area contributed by atoms with E-state index in [1.807, 2.05) is 6.92 Å². The maximum atomic E-state index is 10.9. The largest absolute Gasteiger partial charge is 0.369 e. The number of nitrogens with two attached hydrogens (primary N) is 2. The first-order valence-corrected chi connectivity index (χ1v) is 5.41. The highest BCUT2D eigenvalue weighted by Gasteiger charge is 2.41. The van der Waals surface area contributed by atoms with Crippen LogP contribution in [0.5, 0.6) is 0 Å². The van der Waals surface area contributed by atoms with Crippen molar-refractivity contribution < 1.29 is 14.2 Å². The molecule has 2 amide bonds. The molecular formula is C10H17N4O2+. The van der Waals surface area contributed by atoms with Gasteiger partial charge >= 0.3 is 0 Å². The van der Waals surface area contributed by atoms with Crippen molar-refractivity contribution in [2.75, 3.05) is 26.2 Å². The molecule has 6 heteroatoms. The Morgan fingerprint density at radius 1 is 1.12 bits per heavy atom. The highest BCUT2D eigenvalue weighted by molar-refractivity contribution is 5.83. The molecule has 2 rings (SSSR count). The second kappa shape index (κ2) is 3.77. The van der Waals surface area contributed by atoms with Gasteiger partial charge in [0.1, 0.15) is 38.0 Å². The Labute approximate surface area is 93.9 Å². The summed E-state index contributed by atoms with van der Waals surface area (Å²) in [6, 6.07) is 0. The van der Waals surface area contributed by atoms with Gasteiger partial charge in [0.25, 0.3) is 0 Å². The lowest BCUT2D eigenvalue weighted by atomic mass is 9.98. The zero-order valence-electron chi connectivity index (χ0n) is 9.35. The molecule has 0 aromatic carbocycles. The summed E-state index contributed by atoms with van der Waals surface area (Å²) in [5.41, 5.74) is 10.4. The molecule has 16 heavy (non-hydrogen) atoms. The molecule has 2 aliphatic heterocycles. The summed E-state index contributed by atoms with van der Waals surface area (Å²) >= 11 is 0. The first kappa shape index (κ1) is 10.9. The van der Waals surface area contributed by atoms with Gasteiger partial charge in [0, 0.05) is 6.92 Å². The van der Waals surface area contributed by atoms with Gasteiger partial charge < -0.3 is 11.5 Å². The number of hydrogen-bond donors (Lipinski definition) is 2. The molecule has 6 nitrogen and oxygen atoms in total. The molecule has 2 fully saturated rings. The van der Waals surface area contributed by atoms with Gasteiger partial charge in [-0.1, -0.05) is 0 Å². The quantitative estimate of drug-likeness (QED) is 0.418. The van der Waals surface area contributed by atoms with Crippen LogP contribution in [0.2, 0.25) is 0 Å². The van der Waals surface area contributed by atoms with E-state index < -0.39 is 0 Å². The summed E-state index contributed by atoms with van der Waals surface area (Å²) in [4.78, 5) is 23.8. The van der Waals surface area contributed by atoms with Crippen molar-refractivity contribution in [3.63, 3.8) is 0 Å². The predicted molar refractivity (Wildman–Crippen MR) is 57.6 cm³/mol. The standard InChI is InChI=1S/C10H16N4O2/c1-6(13-2-7(3-13)9(11)15)14-4-8(5-14)10(12)16/h7-8H,2-5H2,1H3,(H3-,11,12,15,16)/p+1. The molecule has 2 saturated heterocycles. The summed E-state index contributed by atoms with van der Waals surface area (Å²) in [7, 11) is 0. The Bertz CT molecular complexity index is 363. The minimum absolute atomic E-state index is 0.0248. The van der Waals surface area contributed by atoms with Crippen LogP contribution in [0.1, 0.15) is 6.92 Å². The number of carbonyl (C=O) groups excluding carboxylic acids is 2. The Kier molecular flexibility index (Phi) is 2.57. The molecule has 2 aliphatic rings. The number of carbonyl (C=O) groups is 2. The molecule has 0 spiro atoms. The average molecular weight is 225 g/mol. The van der Waals surface area contributed by atoms with Crippen LogP contribution in [0, 0.1) is 11.8 Å². The second-order valence-electron chi connectivity index (χ2n) is 4.56. The minimum atomic E-state index is -0.234. The average Bonchev–Trinajstić information content (AvgIpc) is 1.95. The molecule has 0 unspecified atom stereocenters. The van der Waals surface area contributed by atoms with Crippen LogP contribution in [0.25, 0.3) is 0 Å². The molecule has 0 aromatic heterocycles. The molecule has 0 atom stereocenters. The Morgan fingerprint density at radius 2 is 1.62 bits per heavy atom. The van der Waals surface area contributed by atoms with Crippen LogP contribution in [0.15, 0.2) is 0 Å². The molecule has 88 valence electrons. The smallest absolute Gasteiger partial charge is 0.243 e. The van der Waals surface area contributed by atoms with Gasteiger partial charge in [0.05, 0.1) is 0 Å². The number of amidine groups is 1. The fraction of sp³-hybridized carbons (Fsp3) is 0.700. The van der Waals surface area contributed by atoms with Crippen LogP contribution in [-0.2, 0) is 9.59 Å². The maximum absolute atomic E-state index is 10.9. The summed E-state index contributed by atoms with van der Waals surface area (Å²) in [6.07, 6.45) is 0. The minimum Gasteiger partial charge on any atom is -0.369 e. The van der Waals surface area contributed by atoms with Gasteiger partial charge in [0.2, 0.25) is 17.6 Å². The number of amides is 2. The molecule has 0 bridgehead atoms. The van der Waals surface area contributed by atoms with E-state index >= 15 is 0 Å². The molecule has 0 saturated carbocycles. The lowest BCUT2D eigenvalue weighted by molar-refractivity contribution is -0.602. The van der Waals surface area contributed by atoms with E-state index in [4.69, 9.17) is 11.5 Å². The molecular weight excluding hydrogens is 208 g/mol. The summed E-state index contributed by atoms with van der Waals surface area (Å²) in [6.45, 7) is 4.77. The first-order chi connectivity index (χ1) is 7.49. The van der Waals surface area contributed by atoms with Crippen LogP contribution in [0.3, 0.4) is 0 Å². The topological polar surface area (TPSA) is 92.4 Å². The molecule has 0 aliphatic carbocycles. The van der Waals surface area contributed by atoms with Crippen molar-refractivity contribution in [2.24, 2.45) is 23.3 Å². The Hall–Kier alpha value is -1.59. The number of hydrogen-bond acceptors (Lipinski definition) is 2. The third kappa shape index (κ3) is 1.75. The van der Waals surface area contributed by atoms with Crippen molar-refractivity contribution >= 4 is 17.6 Å². The van der Waals surface area contributed by atoms with Gasteiger partial charge in [-0.15, -0.1) is 0 Å². The van der Waals surface area contributed by atoms with Gasteiger partial charge in [-0.3, -0.25) is 19.1 Å². The van der Waals surface area contributed by atoms with Crippen molar-refractivity contribution in [1.82, 2.24) is 4.90 Å². The highest BCUT2D eigenvalue weighted by Crippen LogP contribution is 2.18. The van der Waals surface area contributed by atoms with E-state index in [1.165, 1.54) is 0 Å². The van der Waals surface area contributed by atoms with E-state index in [0.717, 1.165) is 5.84 Å². The van der Waals surface area contributed by atoms with Crippen LogP contribution in [-0.4, -0.2) is 53.3 Å². The van der Waals surface area contributed by atoms with Crippen molar-refractivity contribution in [3.8, 4) is 0 Å². The van der Waals surface area contributed by atoms with Gasteiger partial charge in [-0.25, -0.2) is 0 Å². The summed E-state index contributed by atoms with van der Waals surface area (Å²) in [5, 5.41) is 0. The van der Waals surface area contributed by atoms with Crippen molar-refractivity contribution in [1.29, 1.82) is 0 Å². The van der Waals surface area contributed by atoms with Gasteiger partial charge in [-0.05, 0) is 0 Å². The second-order valence-corrected chi connectivity index (χ2v) is 4.56. The van der Waals surface area contributed by atoms with Gasteiger partial charge in [0.15, 0.2) is 0 Å². The number of nitrogens with zero attached hydrogens (tertiary/aromatic N) is 2. The van der Waals surface area contributed by atoms with Crippen LogP contribution in [0.4, 0.5) is 0 Å². The Balaban J connectivity index is 1.87. The summed E-state index contributed by atoms with van der Waals surface area (Å²) < 4.78 is 2.10.